The summed E-state index contributed by atoms with van der Waals surface area (Å²) in [6, 6.07) is 0. The Balaban J connectivity index is 3.28. The molecule has 4 N–H and O–H groups in total. The molecule has 0 fully saturated rings. The van der Waals surface area contributed by atoms with E-state index in [1.165, 1.54) is 25.9 Å². The fourth-order valence-corrected chi connectivity index (χ4v) is 1.39. The summed E-state index contributed by atoms with van der Waals surface area (Å²) in [7, 11) is 0. The molecule has 0 aromatic carbocycles. The van der Waals surface area contributed by atoms with Gasteiger partial charge in [-0.3, -0.25) is 0 Å². The van der Waals surface area contributed by atoms with Gasteiger partial charge in [-0.05, 0) is 58.4 Å². The number of nitrogens with zero attached hydrogens (tertiary/aromatic N) is 1. The molecule has 0 spiro atoms. The number of hydrogen-bond acceptors (Lipinski definition) is 3. The molecule has 0 saturated heterocycles. The molecule has 0 bridgehead atoms. The molecule has 0 radical (unpaired) electrons. The van der Waals surface area contributed by atoms with Gasteiger partial charge >= 0.3 is 0 Å². The first-order valence-electron chi connectivity index (χ1n) is 5.47. The molecule has 3 heteroatoms. The molecule has 0 aromatic heterocycles. The molecule has 0 aliphatic carbocycles. The zero-order valence-electron chi connectivity index (χ0n) is 8.97. The Morgan fingerprint density at radius 2 is 1.31 bits per heavy atom. The minimum Gasteiger partial charge on any atom is -0.330 e. The van der Waals surface area contributed by atoms with Crippen molar-refractivity contribution in [1.82, 2.24) is 4.90 Å². The second-order valence-electron chi connectivity index (χ2n) is 3.43. The maximum atomic E-state index is 5.44. The lowest BCUT2D eigenvalue weighted by Crippen LogP contribution is -2.26. The van der Waals surface area contributed by atoms with Gasteiger partial charge in [-0.1, -0.05) is 6.92 Å². The summed E-state index contributed by atoms with van der Waals surface area (Å²) in [6.45, 7) is 7.39. The van der Waals surface area contributed by atoms with E-state index in [1.807, 2.05) is 0 Å². The Kier molecular flexibility index (Phi) is 9.87. The van der Waals surface area contributed by atoms with Crippen LogP contribution in [0.1, 0.15) is 32.6 Å². The van der Waals surface area contributed by atoms with Crippen LogP contribution in [0.15, 0.2) is 0 Å². The first-order chi connectivity index (χ1) is 6.35. The van der Waals surface area contributed by atoms with Crippen LogP contribution in [0.5, 0.6) is 0 Å². The van der Waals surface area contributed by atoms with Crippen molar-refractivity contribution in [2.45, 2.75) is 32.6 Å². The molecule has 0 aliphatic rings. The SMILES string of the molecule is CCN(CCCCN)CCCCN. The highest BCUT2D eigenvalue weighted by Gasteiger charge is 2.00. The third kappa shape index (κ3) is 8.22. The van der Waals surface area contributed by atoms with Gasteiger partial charge in [-0.25, -0.2) is 0 Å². The Hall–Kier alpha value is -0.120. The Labute approximate surface area is 82.5 Å². The van der Waals surface area contributed by atoms with Crippen LogP contribution in [0.4, 0.5) is 0 Å². The molecular formula is C10H25N3. The molecule has 0 rings (SSSR count). The average Bonchev–Trinajstić information content (AvgIpc) is 2.16. The minimum atomic E-state index is 0.820. The van der Waals surface area contributed by atoms with Crippen molar-refractivity contribution in [3.05, 3.63) is 0 Å². The number of rotatable bonds is 9. The Morgan fingerprint density at radius 3 is 1.62 bits per heavy atom. The number of unbranched alkanes of at least 4 members (excludes halogenated alkanes) is 2. The Bertz CT molecular complexity index is 86.2. The van der Waals surface area contributed by atoms with Crippen LogP contribution >= 0.6 is 0 Å². The highest BCUT2D eigenvalue weighted by Crippen LogP contribution is 1.97. The van der Waals surface area contributed by atoms with E-state index in [9.17, 15) is 0 Å². The highest BCUT2D eigenvalue weighted by molar-refractivity contribution is 4.56. The van der Waals surface area contributed by atoms with Crippen molar-refractivity contribution in [2.75, 3.05) is 32.7 Å². The molecule has 13 heavy (non-hydrogen) atoms. The maximum absolute atomic E-state index is 5.44. The molecule has 0 aromatic rings. The van der Waals surface area contributed by atoms with Crippen LogP contribution in [0.3, 0.4) is 0 Å². The topological polar surface area (TPSA) is 55.3 Å². The van der Waals surface area contributed by atoms with Gasteiger partial charge in [0.25, 0.3) is 0 Å². The van der Waals surface area contributed by atoms with E-state index in [-0.39, 0.29) is 0 Å². The van der Waals surface area contributed by atoms with Gasteiger partial charge in [0.15, 0.2) is 0 Å². The van der Waals surface area contributed by atoms with Gasteiger partial charge in [-0.2, -0.15) is 0 Å². The molecule has 0 unspecified atom stereocenters. The second kappa shape index (κ2) is 9.96. The lowest BCUT2D eigenvalue weighted by atomic mass is 10.2. The van der Waals surface area contributed by atoms with E-state index in [0.717, 1.165) is 32.5 Å². The van der Waals surface area contributed by atoms with Crippen molar-refractivity contribution >= 4 is 0 Å². The molecule has 0 aliphatic heterocycles. The molecule has 80 valence electrons. The first-order valence-corrected chi connectivity index (χ1v) is 5.47. The highest BCUT2D eigenvalue weighted by atomic mass is 15.1. The monoisotopic (exact) mass is 187 g/mol. The standard InChI is InChI=1S/C10H25N3/c1-2-13(9-5-3-7-11)10-6-4-8-12/h2-12H2,1H3. The largest absolute Gasteiger partial charge is 0.330 e. The molecular weight excluding hydrogens is 162 g/mol. The number of hydrogen-bond donors (Lipinski definition) is 2. The van der Waals surface area contributed by atoms with Crippen molar-refractivity contribution in [2.24, 2.45) is 11.5 Å². The van der Waals surface area contributed by atoms with E-state index < -0.39 is 0 Å². The van der Waals surface area contributed by atoms with Crippen LogP contribution in [0.2, 0.25) is 0 Å². The van der Waals surface area contributed by atoms with Crippen LogP contribution in [0, 0.1) is 0 Å². The fraction of sp³-hybridized carbons (Fsp3) is 1.00. The van der Waals surface area contributed by atoms with Crippen molar-refractivity contribution in [3.8, 4) is 0 Å². The van der Waals surface area contributed by atoms with Crippen molar-refractivity contribution in [1.29, 1.82) is 0 Å². The van der Waals surface area contributed by atoms with E-state index in [2.05, 4.69) is 11.8 Å². The molecule has 0 atom stereocenters. The lowest BCUT2D eigenvalue weighted by Gasteiger charge is -2.19. The normalized spacial score (nSPS) is 11.1. The third-order valence-corrected chi connectivity index (χ3v) is 2.30. The van der Waals surface area contributed by atoms with E-state index in [4.69, 9.17) is 11.5 Å². The van der Waals surface area contributed by atoms with Crippen LogP contribution in [-0.4, -0.2) is 37.6 Å². The smallest absolute Gasteiger partial charge is 0.00184 e. The summed E-state index contributed by atoms with van der Waals surface area (Å²) < 4.78 is 0. The summed E-state index contributed by atoms with van der Waals surface area (Å²) >= 11 is 0. The van der Waals surface area contributed by atoms with E-state index in [0.29, 0.717) is 0 Å². The predicted octanol–water partition coefficient (Wildman–Crippen LogP) is 0.786. The lowest BCUT2D eigenvalue weighted by molar-refractivity contribution is 0.277. The van der Waals surface area contributed by atoms with Crippen LogP contribution in [0.25, 0.3) is 0 Å². The molecule has 3 nitrogen and oxygen atoms in total. The molecule has 0 heterocycles. The second-order valence-corrected chi connectivity index (χ2v) is 3.43. The quantitative estimate of drug-likeness (QED) is 0.525. The third-order valence-electron chi connectivity index (χ3n) is 2.30. The van der Waals surface area contributed by atoms with Gasteiger partial charge in [-0.15, -0.1) is 0 Å². The summed E-state index contributed by atoms with van der Waals surface area (Å²) in [4.78, 5) is 2.48. The van der Waals surface area contributed by atoms with Gasteiger partial charge in [0.2, 0.25) is 0 Å². The summed E-state index contributed by atoms with van der Waals surface area (Å²) in [5, 5.41) is 0. The van der Waals surface area contributed by atoms with E-state index in [1.54, 1.807) is 0 Å². The zero-order chi connectivity index (χ0) is 9.94. The van der Waals surface area contributed by atoms with Gasteiger partial charge in [0.1, 0.15) is 0 Å². The van der Waals surface area contributed by atoms with Crippen molar-refractivity contribution < 1.29 is 0 Å². The molecule has 0 saturated carbocycles. The van der Waals surface area contributed by atoms with Crippen LogP contribution < -0.4 is 11.5 Å². The minimum absolute atomic E-state index is 0.820. The molecule has 0 amide bonds. The average molecular weight is 187 g/mol. The predicted molar refractivity (Wildman–Crippen MR) is 58.7 cm³/mol. The zero-order valence-corrected chi connectivity index (χ0v) is 8.97. The van der Waals surface area contributed by atoms with Gasteiger partial charge < -0.3 is 16.4 Å². The summed E-state index contributed by atoms with van der Waals surface area (Å²) in [5.41, 5.74) is 10.9. The van der Waals surface area contributed by atoms with Crippen molar-refractivity contribution in [3.63, 3.8) is 0 Å². The summed E-state index contributed by atoms with van der Waals surface area (Å²) in [6.07, 6.45) is 4.75. The summed E-state index contributed by atoms with van der Waals surface area (Å²) in [5.74, 6) is 0. The number of nitrogens with two attached hydrogens (primary N) is 2. The van der Waals surface area contributed by atoms with E-state index >= 15 is 0 Å². The van der Waals surface area contributed by atoms with Gasteiger partial charge in [0.05, 0.1) is 0 Å². The first kappa shape index (κ1) is 12.9. The Morgan fingerprint density at radius 1 is 0.846 bits per heavy atom. The fourth-order valence-electron chi connectivity index (χ4n) is 1.39. The maximum Gasteiger partial charge on any atom is -0.00184 e. The van der Waals surface area contributed by atoms with Gasteiger partial charge in [0, 0.05) is 0 Å². The van der Waals surface area contributed by atoms with Crippen LogP contribution in [-0.2, 0) is 0 Å².